The number of hydrogen-bond acceptors (Lipinski definition) is 6. The first-order valence-corrected chi connectivity index (χ1v) is 9.83. The lowest BCUT2D eigenvalue weighted by Gasteiger charge is -2.32. The highest BCUT2D eigenvalue weighted by atomic mass is 32.2. The van der Waals surface area contributed by atoms with Crippen molar-refractivity contribution in [2.24, 2.45) is 11.1 Å². The number of fused-ring (bicyclic) bond motifs is 1. The van der Waals surface area contributed by atoms with E-state index in [9.17, 15) is 8.42 Å². The minimum absolute atomic E-state index is 0.0624. The van der Waals surface area contributed by atoms with E-state index in [1.54, 1.807) is 4.52 Å². The number of sulfonamides is 1. The van der Waals surface area contributed by atoms with E-state index in [0.29, 0.717) is 0 Å². The Morgan fingerprint density at radius 2 is 1.88 bits per heavy atom. The summed E-state index contributed by atoms with van der Waals surface area (Å²) in [5, 5.41) is 18.3. The molecule has 0 saturated carbocycles. The second-order valence-electron chi connectivity index (χ2n) is 7.50. The molecule has 3 rings (SSSR count). The van der Waals surface area contributed by atoms with Gasteiger partial charge in [-0.1, -0.05) is 20.8 Å². The molecular formula is C15H24N6O2S. The summed E-state index contributed by atoms with van der Waals surface area (Å²) >= 11 is 0. The molecule has 24 heavy (non-hydrogen) atoms. The average molecular weight is 352 g/mol. The molecule has 1 aliphatic rings. The first-order chi connectivity index (χ1) is 11.1. The lowest BCUT2D eigenvalue weighted by Crippen LogP contribution is -2.37. The van der Waals surface area contributed by atoms with Gasteiger partial charge in [0.05, 0.1) is 5.75 Å². The largest absolute Gasteiger partial charge is 0.355 e. The molecule has 2 N–H and O–H groups in total. The zero-order valence-corrected chi connectivity index (χ0v) is 15.1. The van der Waals surface area contributed by atoms with Gasteiger partial charge in [-0.25, -0.2) is 13.6 Å². The van der Waals surface area contributed by atoms with E-state index >= 15 is 0 Å². The molecule has 0 amide bonds. The monoisotopic (exact) mass is 352 g/mol. The number of primary sulfonamides is 1. The summed E-state index contributed by atoms with van der Waals surface area (Å²) in [5.41, 5.74) is 0.584. The normalized spacial score (nSPS) is 17.6. The van der Waals surface area contributed by atoms with Gasteiger partial charge in [0, 0.05) is 18.5 Å². The fourth-order valence-corrected chi connectivity index (χ4v) is 4.06. The fourth-order valence-electron chi connectivity index (χ4n) is 3.07. The van der Waals surface area contributed by atoms with Crippen molar-refractivity contribution < 1.29 is 8.42 Å². The predicted octanol–water partition coefficient (Wildman–Crippen LogP) is 0.927. The van der Waals surface area contributed by atoms with Gasteiger partial charge in [-0.05, 0) is 30.9 Å². The van der Waals surface area contributed by atoms with Gasteiger partial charge in [0.2, 0.25) is 10.0 Å². The van der Waals surface area contributed by atoms with Gasteiger partial charge >= 0.3 is 0 Å². The van der Waals surface area contributed by atoms with Crippen LogP contribution >= 0.6 is 0 Å². The van der Waals surface area contributed by atoms with Crippen LogP contribution in [0.5, 0.6) is 0 Å². The molecule has 1 fully saturated rings. The van der Waals surface area contributed by atoms with Crippen LogP contribution in [0.4, 0.5) is 5.82 Å². The number of aromatic nitrogens is 4. The SMILES string of the molecule is CC(C)(C)c1nnc2ccc(N3CCC(CS(N)(=O)=O)CC3)nn12. The van der Waals surface area contributed by atoms with Gasteiger partial charge in [0.15, 0.2) is 11.5 Å². The minimum Gasteiger partial charge on any atom is -0.355 e. The Bertz CT molecular complexity index is 831. The van der Waals surface area contributed by atoms with Crippen molar-refractivity contribution in [1.29, 1.82) is 0 Å². The molecule has 2 aromatic rings. The van der Waals surface area contributed by atoms with Crippen molar-refractivity contribution in [2.75, 3.05) is 23.7 Å². The molecule has 8 nitrogen and oxygen atoms in total. The van der Waals surface area contributed by atoms with Crippen LogP contribution in [0, 0.1) is 5.92 Å². The zero-order chi connectivity index (χ0) is 17.5. The molecule has 0 aliphatic carbocycles. The van der Waals surface area contributed by atoms with Crippen LogP contribution in [-0.2, 0) is 15.4 Å². The van der Waals surface area contributed by atoms with E-state index < -0.39 is 10.0 Å². The molecule has 1 aliphatic heterocycles. The van der Waals surface area contributed by atoms with Crippen LogP contribution in [0.25, 0.3) is 5.65 Å². The number of hydrogen-bond donors (Lipinski definition) is 1. The van der Waals surface area contributed by atoms with Crippen LogP contribution in [0.2, 0.25) is 0 Å². The third kappa shape index (κ3) is 3.67. The Kier molecular flexibility index (Phi) is 4.25. The van der Waals surface area contributed by atoms with Crippen molar-refractivity contribution in [1.82, 2.24) is 19.8 Å². The van der Waals surface area contributed by atoms with E-state index in [-0.39, 0.29) is 17.1 Å². The molecule has 0 spiro atoms. The summed E-state index contributed by atoms with van der Waals surface area (Å²) in [6.45, 7) is 7.78. The lowest BCUT2D eigenvalue weighted by molar-refractivity contribution is 0.432. The van der Waals surface area contributed by atoms with E-state index in [1.165, 1.54) is 0 Å². The highest BCUT2D eigenvalue weighted by Gasteiger charge is 2.25. The predicted molar refractivity (Wildman–Crippen MR) is 92.4 cm³/mol. The van der Waals surface area contributed by atoms with E-state index in [1.807, 2.05) is 12.1 Å². The standard InChI is InChI=1S/C15H24N6O2S/c1-15(2,3)14-18-17-12-4-5-13(19-21(12)14)20-8-6-11(7-9-20)10-24(16,22)23/h4-5,11H,6-10H2,1-3H3,(H2,16,22,23). The molecule has 3 heterocycles. The van der Waals surface area contributed by atoms with Gasteiger partial charge in [0.25, 0.3) is 0 Å². The molecular weight excluding hydrogens is 328 g/mol. The summed E-state index contributed by atoms with van der Waals surface area (Å²) in [6, 6.07) is 3.86. The Labute approximate surface area is 142 Å². The molecule has 1 saturated heterocycles. The van der Waals surface area contributed by atoms with Crippen LogP contribution in [-0.4, -0.2) is 47.1 Å². The second kappa shape index (κ2) is 5.96. The minimum atomic E-state index is -3.40. The van der Waals surface area contributed by atoms with E-state index in [0.717, 1.165) is 43.2 Å². The third-order valence-corrected chi connectivity index (χ3v) is 5.26. The second-order valence-corrected chi connectivity index (χ2v) is 9.15. The highest BCUT2D eigenvalue weighted by molar-refractivity contribution is 7.89. The number of nitrogens with zero attached hydrogens (tertiary/aromatic N) is 5. The average Bonchev–Trinajstić information content (AvgIpc) is 2.89. The molecule has 0 bridgehead atoms. The quantitative estimate of drug-likeness (QED) is 0.880. The zero-order valence-electron chi connectivity index (χ0n) is 14.3. The van der Waals surface area contributed by atoms with Crippen LogP contribution < -0.4 is 10.0 Å². The summed E-state index contributed by atoms with van der Waals surface area (Å²) in [7, 11) is -3.40. The Balaban J connectivity index is 1.79. The number of nitrogens with two attached hydrogens (primary N) is 1. The maximum absolute atomic E-state index is 11.2. The summed E-state index contributed by atoms with van der Waals surface area (Å²) < 4.78 is 24.3. The summed E-state index contributed by atoms with van der Waals surface area (Å²) in [5.74, 6) is 1.87. The Morgan fingerprint density at radius 3 is 2.46 bits per heavy atom. The Morgan fingerprint density at radius 1 is 1.21 bits per heavy atom. The van der Waals surface area contributed by atoms with Crippen molar-refractivity contribution in [3.8, 4) is 0 Å². The third-order valence-electron chi connectivity index (χ3n) is 4.33. The molecule has 0 atom stereocenters. The Hall–Kier alpha value is -1.74. The van der Waals surface area contributed by atoms with Gasteiger partial charge in [-0.3, -0.25) is 0 Å². The smallest absolute Gasteiger partial charge is 0.209 e. The van der Waals surface area contributed by atoms with Gasteiger partial charge < -0.3 is 4.90 Å². The summed E-state index contributed by atoms with van der Waals surface area (Å²) in [6.07, 6.45) is 1.59. The molecule has 9 heteroatoms. The van der Waals surface area contributed by atoms with Crippen LogP contribution in [0.1, 0.15) is 39.4 Å². The number of rotatable bonds is 3. The first-order valence-electron chi connectivity index (χ1n) is 8.12. The highest BCUT2D eigenvalue weighted by Crippen LogP contribution is 2.25. The molecule has 132 valence electrons. The number of piperidine rings is 1. The van der Waals surface area contributed by atoms with Gasteiger partial charge in [-0.15, -0.1) is 15.3 Å². The molecule has 0 aromatic carbocycles. The van der Waals surface area contributed by atoms with E-state index in [4.69, 9.17) is 10.2 Å². The van der Waals surface area contributed by atoms with Crippen LogP contribution in [0.3, 0.4) is 0 Å². The van der Waals surface area contributed by atoms with Crippen LogP contribution in [0.15, 0.2) is 12.1 Å². The van der Waals surface area contributed by atoms with Crippen molar-refractivity contribution in [2.45, 2.75) is 39.0 Å². The van der Waals surface area contributed by atoms with Gasteiger partial charge in [0.1, 0.15) is 5.82 Å². The molecule has 0 unspecified atom stereocenters. The molecule has 2 aromatic heterocycles. The topological polar surface area (TPSA) is 106 Å². The summed E-state index contributed by atoms with van der Waals surface area (Å²) in [4.78, 5) is 2.17. The molecule has 0 radical (unpaired) electrons. The first kappa shape index (κ1) is 17.1. The maximum atomic E-state index is 11.2. The number of anilines is 1. The fraction of sp³-hybridized carbons (Fsp3) is 0.667. The lowest BCUT2D eigenvalue weighted by atomic mass is 9.96. The van der Waals surface area contributed by atoms with E-state index in [2.05, 4.69) is 35.9 Å². The van der Waals surface area contributed by atoms with Crippen molar-refractivity contribution in [3.63, 3.8) is 0 Å². The van der Waals surface area contributed by atoms with Gasteiger partial charge in [-0.2, -0.15) is 4.52 Å². The maximum Gasteiger partial charge on any atom is 0.209 e. The van der Waals surface area contributed by atoms with Crippen molar-refractivity contribution in [3.05, 3.63) is 18.0 Å². The van der Waals surface area contributed by atoms with Crippen molar-refractivity contribution >= 4 is 21.5 Å².